The van der Waals surface area contributed by atoms with Crippen LogP contribution in [0, 0.1) is 0 Å². The largest absolute Gasteiger partial charge is 0.573 e. The van der Waals surface area contributed by atoms with E-state index in [2.05, 4.69) is 27.1 Å². The van der Waals surface area contributed by atoms with E-state index in [0.717, 1.165) is 18.8 Å². The highest BCUT2D eigenvalue weighted by molar-refractivity contribution is 5.46. The van der Waals surface area contributed by atoms with Gasteiger partial charge >= 0.3 is 6.36 Å². The van der Waals surface area contributed by atoms with Crippen molar-refractivity contribution in [1.29, 1.82) is 0 Å². The van der Waals surface area contributed by atoms with Crippen LogP contribution in [-0.2, 0) is 6.54 Å². The van der Waals surface area contributed by atoms with E-state index in [4.69, 9.17) is 0 Å². The molecule has 124 valence electrons. The molecule has 0 aliphatic carbocycles. The van der Waals surface area contributed by atoms with E-state index in [1.165, 1.54) is 17.7 Å². The number of ether oxygens (including phenoxy) is 1. The summed E-state index contributed by atoms with van der Waals surface area (Å²) >= 11 is 0. The van der Waals surface area contributed by atoms with Gasteiger partial charge in [0.05, 0.1) is 0 Å². The normalized spacial score (nSPS) is 11.5. The molecule has 0 fully saturated rings. The van der Waals surface area contributed by atoms with Crippen LogP contribution in [0.15, 0.2) is 54.6 Å². The van der Waals surface area contributed by atoms with E-state index in [9.17, 15) is 13.2 Å². The number of hydrogen-bond acceptors (Lipinski definition) is 3. The maximum absolute atomic E-state index is 12.1. The summed E-state index contributed by atoms with van der Waals surface area (Å²) in [6, 6.07) is 15.9. The maximum Gasteiger partial charge on any atom is 0.573 e. The van der Waals surface area contributed by atoms with Crippen LogP contribution in [0.25, 0.3) is 0 Å². The third kappa shape index (κ3) is 6.61. The van der Waals surface area contributed by atoms with Gasteiger partial charge in [-0.1, -0.05) is 30.3 Å². The van der Waals surface area contributed by atoms with E-state index in [1.54, 1.807) is 12.1 Å². The number of likely N-dealkylation sites (N-methyl/N-ethyl adjacent to an activating group) is 1. The van der Waals surface area contributed by atoms with Crippen LogP contribution < -0.4 is 10.1 Å². The zero-order chi connectivity index (χ0) is 16.7. The molecule has 3 nitrogen and oxygen atoms in total. The van der Waals surface area contributed by atoms with Crippen LogP contribution >= 0.6 is 0 Å². The maximum atomic E-state index is 12.1. The Morgan fingerprint density at radius 3 is 2.26 bits per heavy atom. The van der Waals surface area contributed by atoms with Crippen molar-refractivity contribution in [3.63, 3.8) is 0 Å². The number of benzene rings is 2. The van der Waals surface area contributed by atoms with Crippen LogP contribution in [-0.4, -0.2) is 31.4 Å². The number of halogens is 3. The summed E-state index contributed by atoms with van der Waals surface area (Å²) in [5.74, 6) is -0.218. The summed E-state index contributed by atoms with van der Waals surface area (Å²) in [5.41, 5.74) is 2.00. The van der Waals surface area contributed by atoms with Crippen molar-refractivity contribution in [2.45, 2.75) is 12.9 Å². The van der Waals surface area contributed by atoms with Crippen LogP contribution in [0.3, 0.4) is 0 Å². The van der Waals surface area contributed by atoms with E-state index in [0.29, 0.717) is 6.54 Å². The zero-order valence-corrected chi connectivity index (χ0v) is 12.8. The second-order valence-electron chi connectivity index (χ2n) is 5.22. The number of rotatable bonds is 7. The van der Waals surface area contributed by atoms with E-state index >= 15 is 0 Å². The van der Waals surface area contributed by atoms with Crippen molar-refractivity contribution >= 4 is 5.69 Å². The Morgan fingerprint density at radius 1 is 1.00 bits per heavy atom. The Hall–Kier alpha value is -2.21. The lowest BCUT2D eigenvalue weighted by Crippen LogP contribution is -2.24. The molecule has 0 amide bonds. The SMILES string of the molecule is CN(CCNc1ccc(OC(F)(F)F)cc1)Cc1ccccc1. The molecule has 1 N–H and O–H groups in total. The van der Waals surface area contributed by atoms with Crippen molar-refractivity contribution in [2.75, 3.05) is 25.5 Å². The van der Waals surface area contributed by atoms with E-state index in [1.807, 2.05) is 25.2 Å². The first kappa shape index (κ1) is 17.1. The lowest BCUT2D eigenvalue weighted by molar-refractivity contribution is -0.274. The number of nitrogens with one attached hydrogen (secondary N) is 1. The van der Waals surface area contributed by atoms with Crippen LogP contribution in [0.1, 0.15) is 5.56 Å². The molecule has 23 heavy (non-hydrogen) atoms. The fourth-order valence-corrected chi connectivity index (χ4v) is 2.14. The van der Waals surface area contributed by atoms with Crippen LogP contribution in [0.4, 0.5) is 18.9 Å². The summed E-state index contributed by atoms with van der Waals surface area (Å²) in [5, 5.41) is 3.17. The number of nitrogens with zero attached hydrogens (tertiary/aromatic N) is 1. The topological polar surface area (TPSA) is 24.5 Å². The molecular weight excluding hydrogens is 305 g/mol. The number of alkyl halides is 3. The molecule has 0 aromatic heterocycles. The molecule has 0 bridgehead atoms. The van der Waals surface area contributed by atoms with Crippen molar-refractivity contribution in [3.8, 4) is 5.75 Å². The summed E-state index contributed by atoms with van der Waals surface area (Å²) in [6.45, 7) is 2.36. The molecule has 2 aromatic carbocycles. The minimum atomic E-state index is -4.66. The molecule has 0 aliphatic heterocycles. The molecule has 0 radical (unpaired) electrons. The highest BCUT2D eigenvalue weighted by atomic mass is 19.4. The van der Waals surface area contributed by atoms with Crippen molar-refractivity contribution in [2.24, 2.45) is 0 Å². The summed E-state index contributed by atoms with van der Waals surface area (Å²) in [6.07, 6.45) is -4.66. The van der Waals surface area contributed by atoms with Gasteiger partial charge in [0.25, 0.3) is 0 Å². The Bertz CT molecular complexity index is 585. The van der Waals surface area contributed by atoms with Gasteiger partial charge < -0.3 is 15.0 Å². The van der Waals surface area contributed by atoms with Crippen molar-refractivity contribution in [3.05, 3.63) is 60.2 Å². The smallest absolute Gasteiger partial charge is 0.406 e. The van der Waals surface area contributed by atoms with Crippen LogP contribution in [0.5, 0.6) is 5.75 Å². The Labute approximate surface area is 133 Å². The number of anilines is 1. The molecular formula is C17H19F3N2O. The van der Waals surface area contributed by atoms with Gasteiger partial charge in [-0.2, -0.15) is 0 Å². The minimum Gasteiger partial charge on any atom is -0.406 e. The van der Waals surface area contributed by atoms with Crippen LogP contribution in [0.2, 0.25) is 0 Å². The molecule has 2 aromatic rings. The monoisotopic (exact) mass is 324 g/mol. The Kier molecular flexibility index (Phi) is 5.87. The van der Waals surface area contributed by atoms with Gasteiger partial charge in [0, 0.05) is 25.3 Å². The molecule has 0 unspecified atom stereocenters. The fourth-order valence-electron chi connectivity index (χ4n) is 2.14. The lowest BCUT2D eigenvalue weighted by atomic mass is 10.2. The molecule has 2 rings (SSSR count). The summed E-state index contributed by atoms with van der Waals surface area (Å²) < 4.78 is 40.0. The van der Waals surface area contributed by atoms with Gasteiger partial charge in [0.15, 0.2) is 0 Å². The predicted octanol–water partition coefficient (Wildman–Crippen LogP) is 4.13. The molecule has 0 aliphatic rings. The first-order valence-corrected chi connectivity index (χ1v) is 7.24. The minimum absolute atomic E-state index is 0.218. The predicted molar refractivity (Wildman–Crippen MR) is 84.4 cm³/mol. The molecule has 6 heteroatoms. The number of hydrogen-bond donors (Lipinski definition) is 1. The average molecular weight is 324 g/mol. The lowest BCUT2D eigenvalue weighted by Gasteiger charge is -2.17. The second kappa shape index (κ2) is 7.87. The molecule has 0 heterocycles. The van der Waals surface area contributed by atoms with Gasteiger partial charge in [-0.05, 0) is 36.9 Å². The standard InChI is InChI=1S/C17H19F3N2O/c1-22(13-14-5-3-2-4-6-14)12-11-21-15-7-9-16(10-8-15)23-17(18,19)20/h2-10,21H,11-13H2,1H3. The highest BCUT2D eigenvalue weighted by Gasteiger charge is 2.30. The summed E-state index contributed by atoms with van der Waals surface area (Å²) in [4.78, 5) is 2.17. The highest BCUT2D eigenvalue weighted by Crippen LogP contribution is 2.23. The Balaban J connectivity index is 1.73. The van der Waals surface area contributed by atoms with Gasteiger partial charge in [0.1, 0.15) is 5.75 Å². The quantitative estimate of drug-likeness (QED) is 0.829. The fraction of sp³-hybridized carbons (Fsp3) is 0.294. The van der Waals surface area contributed by atoms with Crippen molar-refractivity contribution < 1.29 is 17.9 Å². The third-order valence-corrected chi connectivity index (χ3v) is 3.21. The molecule has 0 saturated carbocycles. The average Bonchev–Trinajstić information content (AvgIpc) is 2.48. The second-order valence-corrected chi connectivity index (χ2v) is 5.22. The molecule has 0 spiro atoms. The molecule has 0 atom stereocenters. The van der Waals surface area contributed by atoms with Gasteiger partial charge in [0.2, 0.25) is 0 Å². The van der Waals surface area contributed by atoms with E-state index in [-0.39, 0.29) is 5.75 Å². The van der Waals surface area contributed by atoms with Crippen molar-refractivity contribution in [1.82, 2.24) is 4.90 Å². The first-order valence-electron chi connectivity index (χ1n) is 7.24. The van der Waals surface area contributed by atoms with Gasteiger partial charge in [-0.15, -0.1) is 13.2 Å². The Morgan fingerprint density at radius 2 is 1.65 bits per heavy atom. The third-order valence-electron chi connectivity index (χ3n) is 3.21. The molecule has 0 saturated heterocycles. The van der Waals surface area contributed by atoms with Gasteiger partial charge in [-0.25, -0.2) is 0 Å². The van der Waals surface area contributed by atoms with E-state index < -0.39 is 6.36 Å². The zero-order valence-electron chi connectivity index (χ0n) is 12.8. The van der Waals surface area contributed by atoms with Gasteiger partial charge in [-0.3, -0.25) is 0 Å². The summed E-state index contributed by atoms with van der Waals surface area (Å²) in [7, 11) is 2.02. The first-order chi connectivity index (χ1) is 10.9.